The van der Waals surface area contributed by atoms with E-state index in [9.17, 15) is 8.78 Å². The summed E-state index contributed by atoms with van der Waals surface area (Å²) in [6.07, 6.45) is 10.6. The van der Waals surface area contributed by atoms with Crippen LogP contribution in [0.4, 0.5) is 8.78 Å². The second-order valence-corrected chi connectivity index (χ2v) is 4.52. The third kappa shape index (κ3) is 8.57. The lowest BCUT2D eigenvalue weighted by molar-refractivity contribution is -0.0921. The minimum Gasteiger partial charge on any atom is -0.435 e. The van der Waals surface area contributed by atoms with Crippen molar-refractivity contribution < 1.29 is 13.5 Å². The quantitative estimate of drug-likeness (QED) is 0.284. The molecule has 0 unspecified atom stereocenters. The second kappa shape index (κ2) is 10.8. The topological polar surface area (TPSA) is 9.23 Å². The van der Waals surface area contributed by atoms with Crippen molar-refractivity contribution in [2.24, 2.45) is 0 Å². The van der Waals surface area contributed by atoms with Gasteiger partial charge in [-0.3, -0.25) is 0 Å². The summed E-state index contributed by atoms with van der Waals surface area (Å²) in [6, 6.07) is 0. The predicted octanol–water partition coefficient (Wildman–Crippen LogP) is 5.99. The molecule has 0 bridgehead atoms. The first-order valence-electron chi connectivity index (χ1n) is 7.02. The van der Waals surface area contributed by atoms with Crippen molar-refractivity contribution in [3.63, 3.8) is 0 Å². The van der Waals surface area contributed by atoms with Crippen LogP contribution in [0.25, 0.3) is 0 Å². The molecule has 0 saturated carbocycles. The average Bonchev–Trinajstić information content (AvgIpc) is 2.39. The number of rotatable bonds is 9. The Morgan fingerprint density at radius 1 is 1.16 bits per heavy atom. The van der Waals surface area contributed by atoms with Gasteiger partial charge in [0.05, 0.1) is 0 Å². The van der Waals surface area contributed by atoms with Crippen LogP contribution in [-0.2, 0) is 4.74 Å². The van der Waals surface area contributed by atoms with E-state index in [1.807, 2.05) is 6.08 Å². The smallest absolute Gasteiger partial charge is 0.387 e. The number of hydrogen-bond donors (Lipinski definition) is 0. The highest BCUT2D eigenvalue weighted by molar-refractivity contribution is 5.28. The number of hydrogen-bond acceptors (Lipinski definition) is 1. The lowest BCUT2D eigenvalue weighted by Crippen LogP contribution is -1.97. The molecule has 110 valence electrons. The summed E-state index contributed by atoms with van der Waals surface area (Å²) >= 11 is 0. The van der Waals surface area contributed by atoms with E-state index in [2.05, 4.69) is 25.5 Å². The fourth-order valence-corrected chi connectivity index (χ4v) is 1.72. The van der Waals surface area contributed by atoms with Crippen molar-refractivity contribution in [1.82, 2.24) is 0 Å². The first-order valence-corrected chi connectivity index (χ1v) is 7.02. The van der Waals surface area contributed by atoms with Gasteiger partial charge in [0.15, 0.2) is 0 Å². The molecule has 1 nitrogen and oxygen atoms in total. The lowest BCUT2D eigenvalue weighted by atomic mass is 10.0. The van der Waals surface area contributed by atoms with Gasteiger partial charge in [-0.15, -0.1) is 0 Å². The fourth-order valence-electron chi connectivity index (χ4n) is 1.72. The predicted molar refractivity (Wildman–Crippen MR) is 77.1 cm³/mol. The second-order valence-electron chi connectivity index (χ2n) is 4.52. The molecule has 0 aliphatic rings. The minimum atomic E-state index is -2.77. The van der Waals surface area contributed by atoms with Crippen molar-refractivity contribution >= 4 is 0 Å². The van der Waals surface area contributed by atoms with Gasteiger partial charge in [-0.05, 0) is 50.8 Å². The molecule has 0 heterocycles. The van der Waals surface area contributed by atoms with E-state index in [4.69, 9.17) is 0 Å². The van der Waals surface area contributed by atoms with Crippen LogP contribution in [0.5, 0.6) is 0 Å². The minimum absolute atomic E-state index is 0.215. The molecule has 3 heteroatoms. The maximum atomic E-state index is 12.2. The van der Waals surface area contributed by atoms with Crippen LogP contribution >= 0.6 is 0 Å². The molecular weight excluding hydrogens is 246 g/mol. The highest BCUT2D eigenvalue weighted by atomic mass is 19.3. The molecule has 0 fully saturated rings. The largest absolute Gasteiger partial charge is 0.435 e. The SMILES string of the molecule is C\C=C(/C=C\C(CCCCC)=C(\C)CC)OC(F)F. The Hall–Kier alpha value is -1.12. The first kappa shape index (κ1) is 17.9. The van der Waals surface area contributed by atoms with Crippen LogP contribution in [0.3, 0.4) is 0 Å². The first-order chi connectivity index (χ1) is 9.04. The van der Waals surface area contributed by atoms with Gasteiger partial charge in [0.2, 0.25) is 0 Å². The number of halogens is 2. The zero-order chi connectivity index (χ0) is 14.7. The summed E-state index contributed by atoms with van der Waals surface area (Å²) in [5.41, 5.74) is 2.54. The van der Waals surface area contributed by atoms with Gasteiger partial charge in [0.25, 0.3) is 0 Å². The Morgan fingerprint density at radius 2 is 1.84 bits per heavy atom. The van der Waals surface area contributed by atoms with Crippen LogP contribution in [0, 0.1) is 0 Å². The zero-order valence-corrected chi connectivity index (χ0v) is 12.5. The molecule has 0 aliphatic carbocycles. The van der Waals surface area contributed by atoms with E-state index >= 15 is 0 Å². The molecule has 0 rings (SSSR count). The van der Waals surface area contributed by atoms with Crippen molar-refractivity contribution in [3.05, 3.63) is 35.1 Å². The maximum Gasteiger partial charge on any atom is 0.387 e. The Balaban J connectivity index is 4.71. The van der Waals surface area contributed by atoms with Gasteiger partial charge in [0, 0.05) is 0 Å². The van der Waals surface area contributed by atoms with Crippen molar-refractivity contribution in [2.45, 2.75) is 66.4 Å². The summed E-state index contributed by atoms with van der Waals surface area (Å²) < 4.78 is 28.7. The zero-order valence-electron chi connectivity index (χ0n) is 12.5. The molecule has 0 radical (unpaired) electrons. The maximum absolute atomic E-state index is 12.2. The summed E-state index contributed by atoms with van der Waals surface area (Å²) in [5, 5.41) is 0. The molecule has 0 saturated heterocycles. The van der Waals surface area contributed by atoms with Gasteiger partial charge in [-0.25, -0.2) is 0 Å². The number of unbranched alkanes of at least 4 members (excludes halogenated alkanes) is 2. The number of allylic oxidation sites excluding steroid dienone is 5. The summed E-state index contributed by atoms with van der Waals surface area (Å²) in [6.45, 7) is 5.29. The van der Waals surface area contributed by atoms with Crippen LogP contribution in [0.15, 0.2) is 35.1 Å². The molecule has 0 N–H and O–H groups in total. The molecule has 0 aromatic carbocycles. The third-order valence-corrected chi connectivity index (χ3v) is 3.09. The molecule has 0 aromatic rings. The van der Waals surface area contributed by atoms with Gasteiger partial charge >= 0.3 is 6.61 Å². The highest BCUT2D eigenvalue weighted by Gasteiger charge is 2.04. The molecular formula is C16H26F2O. The van der Waals surface area contributed by atoms with Crippen LogP contribution in [0.2, 0.25) is 0 Å². The van der Waals surface area contributed by atoms with Crippen molar-refractivity contribution in [2.75, 3.05) is 0 Å². The monoisotopic (exact) mass is 272 g/mol. The van der Waals surface area contributed by atoms with Crippen LogP contribution < -0.4 is 0 Å². The van der Waals surface area contributed by atoms with Crippen LogP contribution in [0.1, 0.15) is 59.8 Å². The van der Waals surface area contributed by atoms with E-state index < -0.39 is 6.61 Å². The van der Waals surface area contributed by atoms with E-state index in [1.54, 1.807) is 19.1 Å². The van der Waals surface area contributed by atoms with E-state index in [0.29, 0.717) is 0 Å². The summed E-state index contributed by atoms with van der Waals surface area (Å²) in [4.78, 5) is 0. The molecule has 0 aliphatic heterocycles. The number of alkyl halides is 2. The summed E-state index contributed by atoms with van der Waals surface area (Å²) in [5.74, 6) is 0.215. The molecule has 0 aromatic heterocycles. The Morgan fingerprint density at radius 3 is 2.32 bits per heavy atom. The Labute approximate surface area is 116 Å². The molecule has 0 spiro atoms. The van der Waals surface area contributed by atoms with Crippen molar-refractivity contribution in [1.29, 1.82) is 0 Å². The average molecular weight is 272 g/mol. The van der Waals surface area contributed by atoms with Gasteiger partial charge in [-0.2, -0.15) is 8.78 Å². The lowest BCUT2D eigenvalue weighted by Gasteiger charge is -2.08. The standard InChI is InChI=1S/C16H26F2O/c1-5-8-9-10-14(13(4)6-2)11-12-15(7-3)19-16(17)18/h7,11-12,16H,5-6,8-10H2,1-4H3/b12-11-,14-13-,15-7+. The van der Waals surface area contributed by atoms with Crippen molar-refractivity contribution in [3.8, 4) is 0 Å². The Kier molecular flexibility index (Phi) is 10.1. The number of ether oxygens (including phenoxy) is 1. The normalized spacial score (nSPS) is 14.2. The molecule has 19 heavy (non-hydrogen) atoms. The Bertz CT molecular complexity index is 328. The van der Waals surface area contributed by atoms with E-state index in [-0.39, 0.29) is 5.76 Å². The third-order valence-electron chi connectivity index (χ3n) is 3.09. The summed E-state index contributed by atoms with van der Waals surface area (Å²) in [7, 11) is 0. The van der Waals surface area contributed by atoms with E-state index in [1.165, 1.54) is 24.0 Å². The van der Waals surface area contributed by atoms with Gasteiger partial charge in [0.1, 0.15) is 5.76 Å². The van der Waals surface area contributed by atoms with Gasteiger partial charge < -0.3 is 4.74 Å². The van der Waals surface area contributed by atoms with E-state index in [0.717, 1.165) is 19.3 Å². The highest BCUT2D eigenvalue weighted by Crippen LogP contribution is 2.18. The fraction of sp³-hybridized carbons (Fsp3) is 0.625. The van der Waals surface area contributed by atoms with Crippen LogP contribution in [-0.4, -0.2) is 6.61 Å². The van der Waals surface area contributed by atoms with Gasteiger partial charge in [-0.1, -0.05) is 38.3 Å². The molecule has 0 amide bonds. The molecule has 0 atom stereocenters.